The number of benzene rings is 1. The van der Waals surface area contributed by atoms with E-state index in [2.05, 4.69) is 0 Å². The molecule has 0 aliphatic rings. The standard InChI is InChI=1S/C9H12N2O4S2/c1-7-3-2-4-8(11(12)13)9(7)16-5-6-17(10,14)15/h2-4H,5-6H2,1H3,(H2,10,14,15). The minimum absolute atomic E-state index is 0.00980. The molecule has 0 atom stereocenters. The number of nitro groups is 1. The summed E-state index contributed by atoms with van der Waals surface area (Å²) in [7, 11) is -3.53. The highest BCUT2D eigenvalue weighted by molar-refractivity contribution is 8.00. The first-order valence-electron chi connectivity index (χ1n) is 4.68. The van der Waals surface area contributed by atoms with Crippen molar-refractivity contribution in [3.8, 4) is 0 Å². The molecular weight excluding hydrogens is 264 g/mol. The molecule has 6 nitrogen and oxygen atoms in total. The highest BCUT2D eigenvalue weighted by atomic mass is 32.2. The first-order chi connectivity index (χ1) is 7.81. The zero-order valence-electron chi connectivity index (χ0n) is 9.12. The number of aryl methyl sites for hydroxylation is 1. The Kier molecular flexibility index (Phi) is 4.49. The second-order valence-electron chi connectivity index (χ2n) is 3.40. The van der Waals surface area contributed by atoms with Crippen LogP contribution in [0.3, 0.4) is 0 Å². The summed E-state index contributed by atoms with van der Waals surface area (Å²) < 4.78 is 21.5. The molecule has 0 saturated carbocycles. The van der Waals surface area contributed by atoms with E-state index in [0.29, 0.717) is 4.90 Å². The predicted molar refractivity (Wildman–Crippen MR) is 66.5 cm³/mol. The summed E-state index contributed by atoms with van der Waals surface area (Å²) in [5, 5.41) is 15.6. The molecule has 0 heterocycles. The minimum atomic E-state index is -3.53. The van der Waals surface area contributed by atoms with E-state index < -0.39 is 14.9 Å². The van der Waals surface area contributed by atoms with E-state index in [1.807, 2.05) is 0 Å². The first kappa shape index (κ1) is 13.9. The lowest BCUT2D eigenvalue weighted by molar-refractivity contribution is -0.387. The lowest BCUT2D eigenvalue weighted by Crippen LogP contribution is -2.17. The third kappa shape index (κ3) is 4.33. The Bertz CT molecular complexity index is 528. The molecule has 0 aliphatic heterocycles. The van der Waals surface area contributed by atoms with Crippen molar-refractivity contribution in [3.05, 3.63) is 33.9 Å². The number of sulfonamides is 1. The largest absolute Gasteiger partial charge is 0.283 e. The molecule has 0 saturated heterocycles. The van der Waals surface area contributed by atoms with Crippen LogP contribution >= 0.6 is 11.8 Å². The monoisotopic (exact) mass is 276 g/mol. The molecular formula is C9H12N2O4S2. The van der Waals surface area contributed by atoms with Crippen molar-refractivity contribution in [2.75, 3.05) is 11.5 Å². The number of thioether (sulfide) groups is 1. The Morgan fingerprint density at radius 3 is 2.65 bits per heavy atom. The Hall–Kier alpha value is -1.12. The SMILES string of the molecule is Cc1cccc([N+](=O)[O-])c1SCCS(N)(=O)=O. The van der Waals surface area contributed by atoms with Crippen molar-refractivity contribution in [2.45, 2.75) is 11.8 Å². The molecule has 0 aromatic heterocycles. The van der Waals surface area contributed by atoms with E-state index in [1.165, 1.54) is 6.07 Å². The van der Waals surface area contributed by atoms with E-state index in [9.17, 15) is 18.5 Å². The van der Waals surface area contributed by atoms with Crippen molar-refractivity contribution >= 4 is 27.5 Å². The Balaban J connectivity index is 2.86. The molecule has 1 aromatic rings. The van der Waals surface area contributed by atoms with Crippen LogP contribution in [-0.2, 0) is 10.0 Å². The van der Waals surface area contributed by atoms with E-state index in [4.69, 9.17) is 5.14 Å². The molecule has 0 unspecified atom stereocenters. The highest BCUT2D eigenvalue weighted by Gasteiger charge is 2.16. The number of primary sulfonamides is 1. The van der Waals surface area contributed by atoms with Crippen LogP contribution in [0.15, 0.2) is 23.1 Å². The van der Waals surface area contributed by atoms with Gasteiger partial charge in [0, 0.05) is 11.8 Å². The van der Waals surface area contributed by atoms with Crippen LogP contribution in [0.5, 0.6) is 0 Å². The summed E-state index contributed by atoms with van der Waals surface area (Å²) in [4.78, 5) is 10.8. The van der Waals surface area contributed by atoms with Crippen molar-refractivity contribution < 1.29 is 13.3 Å². The number of nitrogens with zero attached hydrogens (tertiary/aromatic N) is 1. The van der Waals surface area contributed by atoms with Crippen LogP contribution < -0.4 is 5.14 Å². The van der Waals surface area contributed by atoms with Gasteiger partial charge in [-0.1, -0.05) is 12.1 Å². The zero-order chi connectivity index (χ0) is 13.1. The summed E-state index contributed by atoms with van der Waals surface area (Å²) in [6.07, 6.45) is 0. The van der Waals surface area contributed by atoms with Crippen molar-refractivity contribution in [1.82, 2.24) is 0 Å². The topological polar surface area (TPSA) is 103 Å². The summed E-state index contributed by atoms with van der Waals surface area (Å²) in [5.74, 6) is -0.00627. The normalized spacial score (nSPS) is 11.4. The predicted octanol–water partition coefficient (Wildman–Crippen LogP) is 1.28. The average Bonchev–Trinajstić information content (AvgIpc) is 2.18. The maximum atomic E-state index is 10.8. The van der Waals surface area contributed by atoms with Crippen LogP contribution in [-0.4, -0.2) is 24.8 Å². The molecule has 1 aromatic carbocycles. The van der Waals surface area contributed by atoms with Crippen molar-refractivity contribution in [1.29, 1.82) is 0 Å². The Morgan fingerprint density at radius 2 is 2.12 bits per heavy atom. The Labute approximate surface area is 103 Å². The van der Waals surface area contributed by atoms with E-state index in [-0.39, 0.29) is 17.2 Å². The summed E-state index contributed by atoms with van der Waals surface area (Å²) >= 11 is 1.13. The second-order valence-corrected chi connectivity index (χ2v) is 6.23. The maximum Gasteiger partial charge on any atom is 0.283 e. The smallest absolute Gasteiger partial charge is 0.258 e. The second kappa shape index (κ2) is 5.48. The fourth-order valence-corrected chi connectivity index (χ4v) is 3.28. The molecule has 0 spiro atoms. The van der Waals surface area contributed by atoms with Crippen molar-refractivity contribution in [3.63, 3.8) is 0 Å². The number of hydrogen-bond donors (Lipinski definition) is 1. The third-order valence-corrected chi connectivity index (χ3v) is 4.26. The third-order valence-electron chi connectivity index (χ3n) is 2.00. The molecule has 94 valence electrons. The van der Waals surface area contributed by atoms with E-state index >= 15 is 0 Å². The van der Waals surface area contributed by atoms with Gasteiger partial charge in [-0.05, 0) is 12.5 Å². The van der Waals surface area contributed by atoms with Gasteiger partial charge < -0.3 is 0 Å². The van der Waals surface area contributed by atoms with Crippen LogP contribution in [0, 0.1) is 17.0 Å². The molecule has 0 bridgehead atoms. The maximum absolute atomic E-state index is 10.8. The molecule has 0 radical (unpaired) electrons. The number of hydrogen-bond acceptors (Lipinski definition) is 5. The number of nitro benzene ring substituents is 1. The van der Waals surface area contributed by atoms with Gasteiger partial charge in [0.1, 0.15) is 0 Å². The van der Waals surface area contributed by atoms with Gasteiger partial charge in [0.15, 0.2) is 0 Å². The van der Waals surface area contributed by atoms with Gasteiger partial charge in [0.2, 0.25) is 10.0 Å². The fourth-order valence-electron chi connectivity index (χ4n) is 1.23. The lowest BCUT2D eigenvalue weighted by atomic mass is 10.2. The van der Waals surface area contributed by atoms with Gasteiger partial charge in [-0.15, -0.1) is 11.8 Å². The minimum Gasteiger partial charge on any atom is -0.258 e. The van der Waals surface area contributed by atoms with Gasteiger partial charge in [0.05, 0.1) is 15.6 Å². The van der Waals surface area contributed by atoms with Crippen LogP contribution in [0.2, 0.25) is 0 Å². The lowest BCUT2D eigenvalue weighted by Gasteiger charge is -2.05. The zero-order valence-corrected chi connectivity index (χ0v) is 10.8. The first-order valence-corrected chi connectivity index (χ1v) is 7.38. The van der Waals surface area contributed by atoms with Crippen molar-refractivity contribution in [2.24, 2.45) is 5.14 Å². The number of nitrogens with two attached hydrogens (primary N) is 1. The summed E-state index contributed by atoms with van der Waals surface area (Å²) in [6, 6.07) is 4.73. The quantitative estimate of drug-likeness (QED) is 0.495. The molecule has 0 aliphatic carbocycles. The molecule has 0 amide bonds. The van der Waals surface area contributed by atoms with E-state index in [1.54, 1.807) is 19.1 Å². The fraction of sp³-hybridized carbons (Fsp3) is 0.333. The van der Waals surface area contributed by atoms with Crippen LogP contribution in [0.1, 0.15) is 5.56 Å². The van der Waals surface area contributed by atoms with Gasteiger partial charge in [-0.3, -0.25) is 10.1 Å². The molecule has 0 fully saturated rings. The summed E-state index contributed by atoms with van der Waals surface area (Å²) in [5.41, 5.74) is 0.739. The Morgan fingerprint density at radius 1 is 1.47 bits per heavy atom. The highest BCUT2D eigenvalue weighted by Crippen LogP contribution is 2.31. The van der Waals surface area contributed by atoms with Gasteiger partial charge in [-0.25, -0.2) is 13.6 Å². The molecule has 1 rings (SSSR count). The number of rotatable bonds is 5. The molecule has 8 heteroatoms. The average molecular weight is 276 g/mol. The van der Waals surface area contributed by atoms with Crippen LogP contribution in [0.4, 0.5) is 5.69 Å². The van der Waals surface area contributed by atoms with E-state index in [0.717, 1.165) is 17.3 Å². The van der Waals surface area contributed by atoms with Gasteiger partial charge in [0.25, 0.3) is 5.69 Å². The van der Waals surface area contributed by atoms with Crippen LogP contribution in [0.25, 0.3) is 0 Å². The van der Waals surface area contributed by atoms with Gasteiger partial charge in [-0.2, -0.15) is 0 Å². The summed E-state index contributed by atoms with van der Waals surface area (Å²) in [6.45, 7) is 1.74. The van der Waals surface area contributed by atoms with Gasteiger partial charge >= 0.3 is 0 Å². The molecule has 2 N–H and O–H groups in total. The molecule has 17 heavy (non-hydrogen) atoms.